The molecule has 0 spiro atoms. The molecule has 0 radical (unpaired) electrons. The maximum absolute atomic E-state index is 5.34. The minimum absolute atomic E-state index is 0.660. The number of benzene rings is 1. The average Bonchev–Trinajstić information content (AvgIpc) is 2.38. The summed E-state index contributed by atoms with van der Waals surface area (Å²) >= 11 is 0. The van der Waals surface area contributed by atoms with Crippen LogP contribution in [-0.4, -0.2) is 14.2 Å². The van der Waals surface area contributed by atoms with Gasteiger partial charge in [0.2, 0.25) is 0 Å². The zero-order valence-corrected chi connectivity index (χ0v) is 11.0. The van der Waals surface area contributed by atoms with Crippen LogP contribution in [0.2, 0.25) is 0 Å². The van der Waals surface area contributed by atoms with E-state index < -0.39 is 0 Å². The van der Waals surface area contributed by atoms with Crippen LogP contribution < -0.4 is 9.47 Å². The Morgan fingerprint density at radius 2 is 1.53 bits per heavy atom. The summed E-state index contributed by atoms with van der Waals surface area (Å²) in [7, 11) is 3.42. The predicted octanol–water partition coefficient (Wildman–Crippen LogP) is 4.00. The molecule has 0 aliphatic heterocycles. The average molecular weight is 234 g/mol. The molecule has 1 aliphatic rings. The molecule has 0 aromatic heterocycles. The van der Waals surface area contributed by atoms with Gasteiger partial charge in [0.05, 0.1) is 14.2 Å². The monoisotopic (exact) mass is 234 g/mol. The lowest BCUT2D eigenvalue weighted by molar-refractivity contribution is 0.327. The van der Waals surface area contributed by atoms with Crippen molar-refractivity contribution in [3.05, 3.63) is 23.8 Å². The Kier molecular flexibility index (Phi) is 3.93. The fourth-order valence-electron chi connectivity index (χ4n) is 2.85. The number of methoxy groups -OCH3 is 2. The van der Waals surface area contributed by atoms with Crippen LogP contribution in [0.5, 0.6) is 11.5 Å². The molecule has 2 rings (SSSR count). The second-order valence-corrected chi connectivity index (χ2v) is 5.01. The molecule has 0 bridgehead atoms. The lowest BCUT2D eigenvalue weighted by Gasteiger charge is -2.29. The quantitative estimate of drug-likeness (QED) is 0.787. The Labute approximate surface area is 104 Å². The van der Waals surface area contributed by atoms with Gasteiger partial charge in [-0.2, -0.15) is 0 Å². The van der Waals surface area contributed by atoms with E-state index in [-0.39, 0.29) is 0 Å². The first-order valence-corrected chi connectivity index (χ1v) is 6.47. The maximum Gasteiger partial charge on any atom is 0.122 e. The van der Waals surface area contributed by atoms with Crippen LogP contribution in [-0.2, 0) is 0 Å². The third-order valence-corrected chi connectivity index (χ3v) is 3.91. The minimum atomic E-state index is 0.660. The standard InChI is InChI=1S/C15H22O2/c1-11-6-4-5-7-15(11)12-8-13(16-2)10-14(9-12)17-3/h8-11,15H,4-7H2,1-3H3. The molecule has 0 heterocycles. The summed E-state index contributed by atoms with van der Waals surface area (Å²) in [5.74, 6) is 3.22. The summed E-state index contributed by atoms with van der Waals surface area (Å²) in [6.45, 7) is 2.36. The summed E-state index contributed by atoms with van der Waals surface area (Å²) in [6, 6.07) is 6.26. The highest BCUT2D eigenvalue weighted by Crippen LogP contribution is 2.39. The molecular formula is C15H22O2. The molecule has 0 amide bonds. The topological polar surface area (TPSA) is 18.5 Å². The van der Waals surface area contributed by atoms with Crippen LogP contribution in [0.15, 0.2) is 18.2 Å². The summed E-state index contributed by atoms with van der Waals surface area (Å²) in [4.78, 5) is 0. The normalized spacial score (nSPS) is 24.4. The van der Waals surface area contributed by atoms with E-state index >= 15 is 0 Å². The lowest BCUT2D eigenvalue weighted by atomic mass is 9.76. The molecule has 1 aromatic carbocycles. The summed E-state index contributed by atoms with van der Waals surface area (Å²) in [6.07, 6.45) is 5.34. The predicted molar refractivity (Wildman–Crippen MR) is 69.9 cm³/mol. The van der Waals surface area contributed by atoms with Crippen molar-refractivity contribution in [1.29, 1.82) is 0 Å². The van der Waals surface area contributed by atoms with Crippen molar-refractivity contribution < 1.29 is 9.47 Å². The Bertz CT molecular complexity index is 351. The molecule has 0 saturated heterocycles. The van der Waals surface area contributed by atoms with Gasteiger partial charge in [-0.25, -0.2) is 0 Å². The lowest BCUT2D eigenvalue weighted by Crippen LogP contribution is -2.14. The van der Waals surface area contributed by atoms with Gasteiger partial charge >= 0.3 is 0 Å². The highest BCUT2D eigenvalue weighted by Gasteiger charge is 2.23. The van der Waals surface area contributed by atoms with E-state index in [1.165, 1.54) is 31.2 Å². The fourth-order valence-corrected chi connectivity index (χ4v) is 2.85. The molecular weight excluding hydrogens is 212 g/mol. The van der Waals surface area contributed by atoms with Crippen LogP contribution in [0.1, 0.15) is 44.1 Å². The van der Waals surface area contributed by atoms with Crippen LogP contribution in [0, 0.1) is 5.92 Å². The van der Waals surface area contributed by atoms with Gasteiger partial charge in [0.25, 0.3) is 0 Å². The molecule has 1 saturated carbocycles. The molecule has 2 unspecified atom stereocenters. The van der Waals surface area contributed by atoms with Crippen molar-refractivity contribution in [2.24, 2.45) is 5.92 Å². The molecule has 94 valence electrons. The highest BCUT2D eigenvalue weighted by atomic mass is 16.5. The van der Waals surface area contributed by atoms with Crippen molar-refractivity contribution in [2.75, 3.05) is 14.2 Å². The highest BCUT2D eigenvalue weighted by molar-refractivity contribution is 5.40. The second kappa shape index (κ2) is 5.44. The molecule has 2 heteroatoms. The zero-order chi connectivity index (χ0) is 12.3. The fraction of sp³-hybridized carbons (Fsp3) is 0.600. The number of rotatable bonds is 3. The summed E-state index contributed by atoms with van der Waals surface area (Å²) < 4.78 is 10.7. The van der Waals surface area contributed by atoms with E-state index in [1.54, 1.807) is 14.2 Å². The Balaban J connectivity index is 2.29. The summed E-state index contributed by atoms with van der Waals surface area (Å²) in [5, 5.41) is 0. The van der Waals surface area contributed by atoms with E-state index in [0.717, 1.165) is 17.4 Å². The van der Waals surface area contributed by atoms with E-state index in [4.69, 9.17) is 9.47 Å². The van der Waals surface area contributed by atoms with E-state index in [2.05, 4.69) is 19.1 Å². The summed E-state index contributed by atoms with van der Waals surface area (Å²) in [5.41, 5.74) is 1.37. The smallest absolute Gasteiger partial charge is 0.122 e. The van der Waals surface area contributed by atoms with Crippen molar-refractivity contribution in [1.82, 2.24) is 0 Å². The Hall–Kier alpha value is -1.18. The molecule has 1 aliphatic carbocycles. The SMILES string of the molecule is COc1cc(OC)cc(C2CCCCC2C)c1. The van der Waals surface area contributed by atoms with Gasteiger partial charge in [-0.3, -0.25) is 0 Å². The van der Waals surface area contributed by atoms with Crippen LogP contribution in [0.3, 0.4) is 0 Å². The number of ether oxygens (including phenoxy) is 2. The molecule has 17 heavy (non-hydrogen) atoms. The van der Waals surface area contributed by atoms with Gasteiger partial charge in [0.1, 0.15) is 11.5 Å². The van der Waals surface area contributed by atoms with Gasteiger partial charge in [0, 0.05) is 6.07 Å². The third kappa shape index (κ3) is 2.74. The largest absolute Gasteiger partial charge is 0.497 e. The molecule has 2 nitrogen and oxygen atoms in total. The van der Waals surface area contributed by atoms with E-state index in [9.17, 15) is 0 Å². The van der Waals surface area contributed by atoms with Crippen molar-refractivity contribution >= 4 is 0 Å². The first-order valence-electron chi connectivity index (χ1n) is 6.47. The van der Waals surface area contributed by atoms with Crippen molar-refractivity contribution in [3.8, 4) is 11.5 Å². The Morgan fingerprint density at radius 1 is 0.941 bits per heavy atom. The first-order chi connectivity index (χ1) is 8.24. The van der Waals surface area contributed by atoms with Gasteiger partial charge in [-0.05, 0) is 36.0 Å². The second-order valence-electron chi connectivity index (χ2n) is 5.01. The Morgan fingerprint density at radius 3 is 2.06 bits per heavy atom. The van der Waals surface area contributed by atoms with Crippen molar-refractivity contribution in [2.45, 2.75) is 38.5 Å². The van der Waals surface area contributed by atoms with Crippen LogP contribution in [0.4, 0.5) is 0 Å². The maximum atomic E-state index is 5.34. The molecule has 0 N–H and O–H groups in total. The van der Waals surface area contributed by atoms with Gasteiger partial charge in [-0.15, -0.1) is 0 Å². The van der Waals surface area contributed by atoms with Crippen molar-refractivity contribution in [3.63, 3.8) is 0 Å². The molecule has 2 atom stereocenters. The molecule has 1 fully saturated rings. The zero-order valence-electron chi connectivity index (χ0n) is 11.0. The van der Waals surface area contributed by atoms with E-state index in [1.807, 2.05) is 6.07 Å². The first kappa shape index (κ1) is 12.3. The number of hydrogen-bond acceptors (Lipinski definition) is 2. The minimum Gasteiger partial charge on any atom is -0.497 e. The molecule has 1 aromatic rings. The van der Waals surface area contributed by atoms with Gasteiger partial charge in [-0.1, -0.05) is 26.2 Å². The third-order valence-electron chi connectivity index (χ3n) is 3.91. The van der Waals surface area contributed by atoms with Crippen LogP contribution in [0.25, 0.3) is 0 Å². The van der Waals surface area contributed by atoms with Crippen LogP contribution >= 0.6 is 0 Å². The van der Waals surface area contributed by atoms with Gasteiger partial charge < -0.3 is 9.47 Å². The number of hydrogen-bond donors (Lipinski definition) is 0. The van der Waals surface area contributed by atoms with E-state index in [0.29, 0.717) is 5.92 Å². The van der Waals surface area contributed by atoms with Gasteiger partial charge in [0.15, 0.2) is 0 Å².